The van der Waals surface area contributed by atoms with Crippen molar-refractivity contribution < 1.29 is 28.7 Å². The number of nitrogens with one attached hydrogen (secondary N) is 4. The predicted molar refractivity (Wildman–Crippen MR) is 189 cm³/mol. The number of hydrogen-bond acceptors (Lipinski definition) is 7. The standard InChI is InChI=1S/C39H44N4O6/c1-8-11-14-49-32(45)13-12-24-20(5)27-15-26-19(4)22(9-2)29(40-26)17-31-25(18-44)23(10-3)30(41-31)16-28-21(6)33-37(43-28)34(36(24)42-27)35(38(33)46)39(47)48-7/h9,15-18,20,24,35,40-43H,2,8,10-14H2,1,3-7H3/b27-15-,30-16-,31-17-,36-34-/t20-,24-,35+/m0/s1. The number of Topliss-reactive ketones (excluding diaryl/α,β-unsaturated/α-hetero) is 1. The van der Waals surface area contributed by atoms with Crippen molar-refractivity contribution in [2.75, 3.05) is 13.7 Å². The molecule has 256 valence electrons. The van der Waals surface area contributed by atoms with Crippen LogP contribution in [0.5, 0.6) is 0 Å². The second-order valence-corrected chi connectivity index (χ2v) is 13.1. The Morgan fingerprint density at radius 2 is 1.71 bits per heavy atom. The molecular formula is C39H44N4O6. The lowest BCUT2D eigenvalue weighted by Gasteiger charge is -2.19. The number of esters is 2. The molecule has 5 heterocycles. The number of aromatic amines is 3. The fraction of sp³-hybridized carbons (Fsp3) is 0.385. The van der Waals surface area contributed by atoms with Gasteiger partial charge < -0.3 is 29.7 Å². The van der Waals surface area contributed by atoms with Crippen LogP contribution in [0, 0.1) is 31.6 Å². The molecule has 0 unspecified atom stereocenters. The maximum absolute atomic E-state index is 14.2. The van der Waals surface area contributed by atoms with Crippen molar-refractivity contribution in [2.45, 2.75) is 66.7 Å². The van der Waals surface area contributed by atoms with E-state index in [2.05, 4.69) is 33.8 Å². The van der Waals surface area contributed by atoms with Crippen LogP contribution in [0.3, 0.4) is 0 Å². The van der Waals surface area contributed by atoms with Gasteiger partial charge in [-0.3, -0.25) is 19.2 Å². The van der Waals surface area contributed by atoms with Crippen molar-refractivity contribution in [3.63, 3.8) is 0 Å². The van der Waals surface area contributed by atoms with Crippen molar-refractivity contribution >= 4 is 53.9 Å². The Balaban J connectivity index is 1.65. The van der Waals surface area contributed by atoms with E-state index in [9.17, 15) is 19.2 Å². The summed E-state index contributed by atoms with van der Waals surface area (Å²) in [5.41, 5.74) is 9.42. The van der Waals surface area contributed by atoms with Crippen LogP contribution in [-0.4, -0.2) is 52.7 Å². The molecule has 1 fully saturated rings. The molecule has 3 atom stereocenters. The molecule has 1 aliphatic carbocycles. The van der Waals surface area contributed by atoms with E-state index in [4.69, 9.17) is 9.47 Å². The van der Waals surface area contributed by atoms with Crippen LogP contribution in [0.15, 0.2) is 18.0 Å². The van der Waals surface area contributed by atoms with Gasteiger partial charge >= 0.3 is 11.9 Å². The minimum atomic E-state index is -1.17. The molecule has 0 saturated carbocycles. The molecule has 0 spiro atoms. The lowest BCUT2D eigenvalue weighted by atomic mass is 9.85. The number of aromatic nitrogens is 3. The average molecular weight is 665 g/mol. The molecular weight excluding hydrogens is 620 g/mol. The molecule has 49 heavy (non-hydrogen) atoms. The number of rotatable bonds is 10. The molecule has 2 aliphatic heterocycles. The highest BCUT2D eigenvalue weighted by Crippen LogP contribution is 2.48. The number of unbranched alkanes of at least 4 members (excludes halogenated alkanes) is 1. The number of fused-ring (bicyclic) bond motifs is 7. The van der Waals surface area contributed by atoms with Crippen molar-refractivity contribution in [1.29, 1.82) is 0 Å². The van der Waals surface area contributed by atoms with Gasteiger partial charge in [-0.2, -0.15) is 0 Å². The monoisotopic (exact) mass is 664 g/mol. The molecule has 10 heteroatoms. The van der Waals surface area contributed by atoms with Gasteiger partial charge in [-0.25, -0.2) is 0 Å². The molecule has 4 N–H and O–H groups in total. The first-order valence-corrected chi connectivity index (χ1v) is 17.1. The Bertz CT molecular complexity index is 2080. The third-order valence-corrected chi connectivity index (χ3v) is 10.4. The number of carbonyl (C=O) groups excluding carboxylic acids is 4. The Morgan fingerprint density at radius 1 is 0.980 bits per heavy atom. The van der Waals surface area contributed by atoms with E-state index in [1.165, 1.54) is 7.11 Å². The number of methoxy groups -OCH3 is 1. The van der Waals surface area contributed by atoms with Gasteiger partial charge in [0.25, 0.3) is 0 Å². The summed E-state index contributed by atoms with van der Waals surface area (Å²) in [6.07, 6.45) is 11.5. The summed E-state index contributed by atoms with van der Waals surface area (Å²) in [5, 5.41) is 5.03. The normalized spacial score (nSPS) is 23.1. The molecule has 3 aliphatic rings. The summed E-state index contributed by atoms with van der Waals surface area (Å²) in [6, 6.07) is 0. The summed E-state index contributed by atoms with van der Waals surface area (Å²) in [7, 11) is 1.29. The second kappa shape index (κ2) is 13.4. The largest absolute Gasteiger partial charge is 0.468 e. The first-order valence-electron chi connectivity index (χ1n) is 17.1. The van der Waals surface area contributed by atoms with Crippen molar-refractivity contribution in [2.24, 2.45) is 17.8 Å². The van der Waals surface area contributed by atoms with Gasteiger partial charge in [0.15, 0.2) is 12.1 Å². The van der Waals surface area contributed by atoms with E-state index in [-0.39, 0.29) is 30.0 Å². The van der Waals surface area contributed by atoms with E-state index in [0.717, 1.165) is 58.3 Å². The number of H-pyrrole nitrogens is 3. The third kappa shape index (κ3) is 5.62. The average Bonchev–Trinajstić information content (AvgIpc) is 3.84. The van der Waals surface area contributed by atoms with Crippen molar-refractivity contribution in [1.82, 2.24) is 20.3 Å². The number of ketones is 1. The predicted octanol–water partition coefficient (Wildman–Crippen LogP) is 4.99. The molecule has 3 aromatic heterocycles. The number of allylic oxidation sites excluding steroid dienone is 2. The number of hydrogen-bond donors (Lipinski definition) is 4. The molecule has 6 rings (SSSR count). The molecule has 1 saturated heterocycles. The molecule has 0 radical (unpaired) electrons. The highest BCUT2D eigenvalue weighted by atomic mass is 16.5. The first kappa shape index (κ1) is 33.8. The van der Waals surface area contributed by atoms with Crippen molar-refractivity contribution in [3.8, 4) is 0 Å². The molecule has 3 aromatic rings. The maximum atomic E-state index is 14.2. The van der Waals surface area contributed by atoms with Crippen LogP contribution in [0.25, 0.3) is 29.9 Å². The Morgan fingerprint density at radius 3 is 2.39 bits per heavy atom. The van der Waals surface area contributed by atoms with E-state index in [0.29, 0.717) is 64.1 Å². The van der Waals surface area contributed by atoms with E-state index >= 15 is 0 Å². The smallest absolute Gasteiger partial charge is 0.321 e. The van der Waals surface area contributed by atoms with Crippen LogP contribution in [0.2, 0.25) is 0 Å². The van der Waals surface area contributed by atoms with E-state index < -0.39 is 11.9 Å². The highest BCUT2D eigenvalue weighted by molar-refractivity contribution is 6.24. The van der Waals surface area contributed by atoms with Gasteiger partial charge in [0.2, 0.25) is 0 Å². The lowest BCUT2D eigenvalue weighted by molar-refractivity contribution is -0.144. The Hall–Kier alpha value is -5.12. The topological polar surface area (TPSA) is 146 Å². The molecule has 10 nitrogen and oxygen atoms in total. The zero-order chi connectivity index (χ0) is 35.1. The number of ether oxygens (including phenoxy) is 2. The summed E-state index contributed by atoms with van der Waals surface area (Å²) in [6.45, 7) is 14.4. The van der Waals surface area contributed by atoms with Gasteiger partial charge in [-0.1, -0.05) is 39.8 Å². The van der Waals surface area contributed by atoms with Crippen LogP contribution in [0.4, 0.5) is 0 Å². The van der Waals surface area contributed by atoms with E-state index in [1.54, 1.807) is 6.08 Å². The molecule has 8 bridgehead atoms. The zero-order valence-electron chi connectivity index (χ0n) is 29.0. The number of carbonyl (C=O) groups is 4. The minimum Gasteiger partial charge on any atom is -0.468 e. The fourth-order valence-corrected chi connectivity index (χ4v) is 7.62. The first-order chi connectivity index (χ1) is 23.6. The number of aldehydes is 1. The third-order valence-electron chi connectivity index (χ3n) is 10.4. The second-order valence-electron chi connectivity index (χ2n) is 13.1. The van der Waals surface area contributed by atoms with E-state index in [1.807, 2.05) is 45.9 Å². The summed E-state index contributed by atoms with van der Waals surface area (Å²) >= 11 is 0. The maximum Gasteiger partial charge on any atom is 0.321 e. The van der Waals surface area contributed by atoms with Gasteiger partial charge in [-0.15, -0.1) is 0 Å². The molecule has 0 amide bonds. The van der Waals surface area contributed by atoms with Crippen molar-refractivity contribution in [3.05, 3.63) is 84.8 Å². The quantitative estimate of drug-likeness (QED) is 0.103. The summed E-state index contributed by atoms with van der Waals surface area (Å²) < 4.78 is 10.7. The summed E-state index contributed by atoms with van der Waals surface area (Å²) in [4.78, 5) is 63.4. The minimum absolute atomic E-state index is 0.109. The SMILES string of the molecule is C=Cc1c2[nH]c(c1C)/C=C1\N/C(=C3\c4[nH]c(c(C)c4C(=O)[C@@H]3C(=O)OC)/C=c3\[nH]/c(c(C=O)c3CC)=C\2)[C@@H](CCC(=O)OCCCC)[C@@H]1C. The van der Waals surface area contributed by atoms with Crippen LogP contribution >= 0.6 is 0 Å². The van der Waals surface area contributed by atoms with Gasteiger partial charge in [0.1, 0.15) is 5.92 Å². The lowest BCUT2D eigenvalue weighted by Crippen LogP contribution is -2.25. The van der Waals surface area contributed by atoms with Crippen LogP contribution < -0.4 is 16.0 Å². The van der Waals surface area contributed by atoms with Gasteiger partial charge in [0, 0.05) is 74.3 Å². The van der Waals surface area contributed by atoms with Crippen LogP contribution in [-0.2, 0) is 25.5 Å². The van der Waals surface area contributed by atoms with Gasteiger partial charge in [0.05, 0.1) is 24.8 Å². The fourth-order valence-electron chi connectivity index (χ4n) is 7.62. The van der Waals surface area contributed by atoms with Gasteiger partial charge in [-0.05, 0) is 68.0 Å². The zero-order valence-corrected chi connectivity index (χ0v) is 29.0. The van der Waals surface area contributed by atoms with Crippen LogP contribution in [0.1, 0.15) is 112 Å². The summed E-state index contributed by atoms with van der Waals surface area (Å²) in [5.74, 6) is -2.77. The highest BCUT2D eigenvalue weighted by Gasteiger charge is 2.48. The Kier molecular flexibility index (Phi) is 9.24. The molecule has 0 aromatic carbocycles. The Labute approximate surface area is 285 Å².